The van der Waals surface area contributed by atoms with Gasteiger partial charge in [-0.25, -0.2) is 4.68 Å². The molecule has 3 heterocycles. The highest BCUT2D eigenvalue weighted by Crippen LogP contribution is 2.44. The fourth-order valence-corrected chi connectivity index (χ4v) is 5.44. The Kier molecular flexibility index (Phi) is 6.07. The fourth-order valence-electron chi connectivity index (χ4n) is 5.44. The van der Waals surface area contributed by atoms with E-state index in [4.69, 9.17) is 0 Å². The van der Waals surface area contributed by atoms with Gasteiger partial charge in [-0.05, 0) is 58.1 Å². The molecule has 1 N–H and O–H groups in total. The molecular weight excluding hydrogens is 461 g/mol. The van der Waals surface area contributed by atoms with E-state index >= 15 is 0 Å². The lowest BCUT2D eigenvalue weighted by Gasteiger charge is -2.37. The topological polar surface area (TPSA) is 70.8 Å². The first-order valence-electron chi connectivity index (χ1n) is 12.2. The number of ether oxygens (including phenoxy) is 1. The molecule has 35 heavy (non-hydrogen) atoms. The molecule has 1 unspecified atom stereocenters. The Bertz CT molecular complexity index is 1100. The number of aryl methyl sites for hydroxylation is 1. The van der Waals surface area contributed by atoms with E-state index in [-0.39, 0.29) is 17.6 Å². The molecule has 1 saturated carbocycles. The molecule has 1 aromatic carbocycles. The SMILES string of the molecule is Cc1nn(-c2cccc(OC(F)(F)F)c2)c(C2CC2)c1C(=O)N1CCC(N2CCC(C)(O)C2)CC1. The van der Waals surface area contributed by atoms with Crippen molar-refractivity contribution < 1.29 is 27.8 Å². The van der Waals surface area contributed by atoms with Crippen molar-refractivity contribution in [2.45, 2.75) is 69.9 Å². The maximum atomic E-state index is 13.6. The summed E-state index contributed by atoms with van der Waals surface area (Å²) in [7, 11) is 0. The summed E-state index contributed by atoms with van der Waals surface area (Å²) < 4.78 is 43.9. The van der Waals surface area contributed by atoms with E-state index in [1.807, 2.05) is 11.8 Å². The smallest absolute Gasteiger partial charge is 0.406 e. The molecule has 2 aliphatic heterocycles. The predicted molar refractivity (Wildman–Crippen MR) is 123 cm³/mol. The van der Waals surface area contributed by atoms with Crippen LogP contribution in [0.5, 0.6) is 5.75 Å². The molecule has 3 fully saturated rings. The molecule has 10 heteroatoms. The number of aromatic nitrogens is 2. The van der Waals surface area contributed by atoms with Crippen LogP contribution in [0, 0.1) is 6.92 Å². The number of alkyl halides is 3. The molecule has 0 spiro atoms. The van der Waals surface area contributed by atoms with Crippen LogP contribution in [0.15, 0.2) is 24.3 Å². The summed E-state index contributed by atoms with van der Waals surface area (Å²) in [5.41, 5.74) is 1.72. The Morgan fingerprint density at radius 2 is 1.89 bits per heavy atom. The van der Waals surface area contributed by atoms with Gasteiger partial charge in [0.05, 0.1) is 28.2 Å². The third-order valence-corrected chi connectivity index (χ3v) is 7.32. The molecule has 1 atom stereocenters. The number of nitrogens with zero attached hydrogens (tertiary/aromatic N) is 4. The first-order chi connectivity index (χ1) is 16.5. The number of benzene rings is 1. The summed E-state index contributed by atoms with van der Waals surface area (Å²) in [5, 5.41) is 14.9. The molecule has 190 valence electrons. The number of aliphatic hydroxyl groups is 1. The van der Waals surface area contributed by atoms with Crippen molar-refractivity contribution in [1.82, 2.24) is 19.6 Å². The zero-order valence-corrected chi connectivity index (χ0v) is 20.0. The second-order valence-corrected chi connectivity index (χ2v) is 10.3. The normalized spacial score (nSPS) is 24.2. The van der Waals surface area contributed by atoms with Crippen LogP contribution in [0.2, 0.25) is 0 Å². The number of β-amino-alcohol motifs (C(OH)–C–C–N with tert-alkyl or cyclic N) is 1. The summed E-state index contributed by atoms with van der Waals surface area (Å²) in [6.45, 7) is 6.46. The van der Waals surface area contributed by atoms with Crippen molar-refractivity contribution in [2.24, 2.45) is 0 Å². The Morgan fingerprint density at radius 1 is 1.17 bits per heavy atom. The van der Waals surface area contributed by atoms with Crippen molar-refractivity contribution >= 4 is 5.91 Å². The highest BCUT2D eigenvalue weighted by Gasteiger charge is 2.39. The number of piperidine rings is 1. The van der Waals surface area contributed by atoms with Crippen LogP contribution in [-0.2, 0) is 0 Å². The lowest BCUT2D eigenvalue weighted by Crippen LogP contribution is -2.47. The number of halogens is 3. The lowest BCUT2D eigenvalue weighted by molar-refractivity contribution is -0.274. The first kappa shape index (κ1) is 24.1. The molecule has 3 aliphatic rings. The fraction of sp³-hybridized carbons (Fsp3) is 0.600. The molecule has 1 amide bonds. The maximum absolute atomic E-state index is 13.6. The van der Waals surface area contributed by atoms with E-state index in [1.165, 1.54) is 18.2 Å². The summed E-state index contributed by atoms with van der Waals surface area (Å²) in [6, 6.07) is 6.07. The molecule has 2 aromatic rings. The summed E-state index contributed by atoms with van der Waals surface area (Å²) in [5.74, 6) is -0.224. The second kappa shape index (κ2) is 8.81. The van der Waals surface area contributed by atoms with Gasteiger partial charge in [0.1, 0.15) is 5.75 Å². The van der Waals surface area contributed by atoms with E-state index in [0.717, 1.165) is 44.3 Å². The van der Waals surface area contributed by atoms with Gasteiger partial charge in [-0.2, -0.15) is 5.10 Å². The van der Waals surface area contributed by atoms with Gasteiger partial charge < -0.3 is 14.7 Å². The maximum Gasteiger partial charge on any atom is 0.573 e. The van der Waals surface area contributed by atoms with E-state index < -0.39 is 12.0 Å². The van der Waals surface area contributed by atoms with Gasteiger partial charge in [-0.3, -0.25) is 9.69 Å². The van der Waals surface area contributed by atoms with Gasteiger partial charge in [0.2, 0.25) is 0 Å². The van der Waals surface area contributed by atoms with Crippen LogP contribution in [0.4, 0.5) is 13.2 Å². The summed E-state index contributed by atoms with van der Waals surface area (Å²) in [4.78, 5) is 17.8. The Hall–Kier alpha value is -2.59. The Labute approximate surface area is 202 Å². The number of amides is 1. The molecule has 1 aromatic heterocycles. The Morgan fingerprint density at radius 3 is 2.49 bits per heavy atom. The van der Waals surface area contributed by atoms with Crippen LogP contribution < -0.4 is 4.74 Å². The molecule has 1 aliphatic carbocycles. The lowest BCUT2D eigenvalue weighted by atomic mass is 10.0. The summed E-state index contributed by atoms with van der Waals surface area (Å²) in [6.07, 6.45) is -0.474. The molecular formula is C25H31F3N4O3. The molecule has 5 rings (SSSR count). The van der Waals surface area contributed by atoms with E-state index in [0.29, 0.717) is 42.6 Å². The minimum absolute atomic E-state index is 0.0646. The standard InChI is InChI=1S/C25H31F3N4O3/c1-16-21(23(33)30-11-8-18(9-12-30)31-13-10-24(2,34)15-31)22(17-6-7-17)32(29-16)19-4-3-5-20(14-19)35-25(26,27)28/h3-5,14,17-18,34H,6-13,15H2,1-2H3. The average Bonchev–Trinajstić information content (AvgIpc) is 3.48. The molecule has 7 nitrogen and oxygen atoms in total. The second-order valence-electron chi connectivity index (χ2n) is 10.3. The van der Waals surface area contributed by atoms with Crippen LogP contribution in [0.25, 0.3) is 5.69 Å². The zero-order chi connectivity index (χ0) is 25.0. The van der Waals surface area contributed by atoms with Crippen LogP contribution in [0.3, 0.4) is 0 Å². The van der Waals surface area contributed by atoms with Crippen LogP contribution in [-0.4, -0.2) is 74.8 Å². The minimum atomic E-state index is -4.78. The van der Waals surface area contributed by atoms with Gasteiger partial charge in [0.25, 0.3) is 5.91 Å². The van der Waals surface area contributed by atoms with Gasteiger partial charge >= 0.3 is 6.36 Å². The number of carbonyl (C=O) groups excluding carboxylic acids is 1. The average molecular weight is 493 g/mol. The van der Waals surface area contributed by atoms with Gasteiger partial charge in [-0.15, -0.1) is 13.2 Å². The first-order valence-corrected chi connectivity index (χ1v) is 12.2. The van der Waals surface area contributed by atoms with E-state index in [1.54, 1.807) is 17.7 Å². The highest BCUT2D eigenvalue weighted by atomic mass is 19.4. The van der Waals surface area contributed by atoms with Crippen molar-refractivity contribution in [3.63, 3.8) is 0 Å². The Balaban J connectivity index is 1.36. The number of hydrogen-bond acceptors (Lipinski definition) is 5. The van der Waals surface area contributed by atoms with Gasteiger partial charge in [-0.1, -0.05) is 6.07 Å². The van der Waals surface area contributed by atoms with Crippen molar-refractivity contribution in [3.8, 4) is 11.4 Å². The van der Waals surface area contributed by atoms with E-state index in [2.05, 4.69) is 14.7 Å². The molecule has 2 saturated heterocycles. The monoisotopic (exact) mass is 492 g/mol. The van der Waals surface area contributed by atoms with Gasteiger partial charge in [0, 0.05) is 44.2 Å². The molecule has 0 bridgehead atoms. The quantitative estimate of drug-likeness (QED) is 0.683. The number of likely N-dealkylation sites (tertiary alicyclic amines) is 2. The van der Waals surface area contributed by atoms with Crippen molar-refractivity contribution in [2.75, 3.05) is 26.2 Å². The van der Waals surface area contributed by atoms with Crippen LogP contribution in [0.1, 0.15) is 66.7 Å². The highest BCUT2D eigenvalue weighted by molar-refractivity contribution is 5.97. The molecule has 0 radical (unpaired) electrons. The third-order valence-electron chi connectivity index (χ3n) is 7.32. The van der Waals surface area contributed by atoms with Crippen molar-refractivity contribution in [1.29, 1.82) is 0 Å². The number of carbonyl (C=O) groups is 1. The zero-order valence-electron chi connectivity index (χ0n) is 20.0. The largest absolute Gasteiger partial charge is 0.573 e. The van der Waals surface area contributed by atoms with Crippen LogP contribution >= 0.6 is 0 Å². The third kappa shape index (κ3) is 5.18. The van der Waals surface area contributed by atoms with E-state index in [9.17, 15) is 23.1 Å². The predicted octanol–water partition coefficient (Wildman–Crippen LogP) is 4.02. The number of rotatable bonds is 5. The summed E-state index contributed by atoms with van der Waals surface area (Å²) >= 11 is 0. The minimum Gasteiger partial charge on any atom is -0.406 e. The van der Waals surface area contributed by atoms with Crippen molar-refractivity contribution in [3.05, 3.63) is 41.2 Å². The van der Waals surface area contributed by atoms with Gasteiger partial charge in [0.15, 0.2) is 0 Å². The number of hydrogen-bond donors (Lipinski definition) is 1.